The topological polar surface area (TPSA) is 9.23 Å². The lowest BCUT2D eigenvalue weighted by atomic mass is 9.80. The van der Waals surface area contributed by atoms with Gasteiger partial charge in [0.15, 0.2) is 0 Å². The van der Waals surface area contributed by atoms with Gasteiger partial charge in [0, 0.05) is 5.56 Å². The van der Waals surface area contributed by atoms with Gasteiger partial charge in [0.25, 0.3) is 0 Å². The van der Waals surface area contributed by atoms with E-state index in [0.29, 0.717) is 0 Å². The minimum Gasteiger partial charge on any atom is -0.496 e. The van der Waals surface area contributed by atoms with Gasteiger partial charge in [-0.25, -0.2) is 0 Å². The van der Waals surface area contributed by atoms with Crippen molar-refractivity contribution in [2.45, 2.75) is 26.2 Å². The number of rotatable bonds is 3. The molecule has 1 heteroatoms. The van der Waals surface area contributed by atoms with Crippen LogP contribution in [0.3, 0.4) is 0 Å². The van der Waals surface area contributed by atoms with Gasteiger partial charge in [-0.15, -0.1) is 0 Å². The molecule has 140 valence electrons. The SMILES string of the molecule is COc1ccccc1-c1ccc(-c2ccc3ccccc3c2)cc1C(C)(C)C. The maximum atomic E-state index is 5.63. The summed E-state index contributed by atoms with van der Waals surface area (Å²) in [5, 5.41) is 2.54. The van der Waals surface area contributed by atoms with Crippen LogP contribution in [0.4, 0.5) is 0 Å². The number of hydrogen-bond donors (Lipinski definition) is 0. The van der Waals surface area contributed by atoms with Crippen molar-refractivity contribution in [2.24, 2.45) is 0 Å². The van der Waals surface area contributed by atoms with Crippen LogP contribution in [0.2, 0.25) is 0 Å². The Labute approximate surface area is 167 Å². The highest BCUT2D eigenvalue weighted by Gasteiger charge is 2.21. The van der Waals surface area contributed by atoms with Crippen molar-refractivity contribution in [3.63, 3.8) is 0 Å². The van der Waals surface area contributed by atoms with Crippen molar-refractivity contribution in [2.75, 3.05) is 7.11 Å². The second-order valence-corrected chi connectivity index (χ2v) is 8.27. The number of ether oxygens (including phenoxy) is 1. The minimum absolute atomic E-state index is 0.0169. The smallest absolute Gasteiger partial charge is 0.126 e. The molecule has 0 spiro atoms. The Balaban J connectivity index is 1.89. The average molecular weight is 367 g/mol. The fourth-order valence-corrected chi connectivity index (χ4v) is 3.82. The van der Waals surface area contributed by atoms with E-state index in [9.17, 15) is 0 Å². The number of methoxy groups -OCH3 is 1. The van der Waals surface area contributed by atoms with Crippen LogP contribution >= 0.6 is 0 Å². The van der Waals surface area contributed by atoms with Gasteiger partial charge < -0.3 is 4.74 Å². The highest BCUT2D eigenvalue weighted by atomic mass is 16.5. The molecule has 0 aromatic heterocycles. The lowest BCUT2D eigenvalue weighted by Crippen LogP contribution is -2.13. The molecule has 0 aliphatic carbocycles. The van der Waals surface area contributed by atoms with Crippen molar-refractivity contribution in [3.8, 4) is 28.0 Å². The molecule has 0 amide bonds. The Bertz CT molecular complexity index is 1130. The normalized spacial score (nSPS) is 11.6. The maximum Gasteiger partial charge on any atom is 0.126 e. The van der Waals surface area contributed by atoms with E-state index >= 15 is 0 Å². The maximum absolute atomic E-state index is 5.63. The molecule has 1 nitrogen and oxygen atoms in total. The zero-order chi connectivity index (χ0) is 19.7. The molecule has 0 saturated carbocycles. The zero-order valence-electron chi connectivity index (χ0n) is 17.0. The van der Waals surface area contributed by atoms with E-state index < -0.39 is 0 Å². The summed E-state index contributed by atoms with van der Waals surface area (Å²) in [5.74, 6) is 0.909. The molecule has 0 fully saturated rings. The third-order valence-corrected chi connectivity index (χ3v) is 5.31. The van der Waals surface area contributed by atoms with Crippen LogP contribution in [-0.4, -0.2) is 7.11 Å². The van der Waals surface area contributed by atoms with E-state index in [0.717, 1.165) is 11.3 Å². The molecule has 0 radical (unpaired) electrons. The second kappa shape index (κ2) is 7.16. The van der Waals surface area contributed by atoms with Crippen molar-refractivity contribution in [3.05, 3.63) is 90.5 Å². The first-order valence-corrected chi connectivity index (χ1v) is 9.74. The van der Waals surface area contributed by atoms with Crippen molar-refractivity contribution in [1.82, 2.24) is 0 Å². The van der Waals surface area contributed by atoms with Gasteiger partial charge in [-0.3, -0.25) is 0 Å². The highest BCUT2D eigenvalue weighted by molar-refractivity contribution is 5.88. The van der Waals surface area contributed by atoms with E-state index in [1.807, 2.05) is 12.1 Å². The summed E-state index contributed by atoms with van der Waals surface area (Å²) in [7, 11) is 1.74. The van der Waals surface area contributed by atoms with Crippen molar-refractivity contribution < 1.29 is 4.74 Å². The van der Waals surface area contributed by atoms with Gasteiger partial charge in [-0.05, 0) is 50.6 Å². The first-order valence-electron chi connectivity index (χ1n) is 9.74. The molecular formula is C27H26O. The van der Waals surface area contributed by atoms with E-state index in [-0.39, 0.29) is 5.41 Å². The molecule has 0 unspecified atom stereocenters. The summed E-state index contributed by atoms with van der Waals surface area (Å²) in [6.07, 6.45) is 0. The number of hydrogen-bond acceptors (Lipinski definition) is 1. The number of benzene rings is 4. The fraction of sp³-hybridized carbons (Fsp3) is 0.185. The second-order valence-electron chi connectivity index (χ2n) is 8.27. The van der Waals surface area contributed by atoms with Crippen LogP contribution in [0.15, 0.2) is 84.9 Å². The first kappa shape index (κ1) is 18.3. The van der Waals surface area contributed by atoms with Crippen LogP contribution in [-0.2, 0) is 5.41 Å². The van der Waals surface area contributed by atoms with Crippen LogP contribution in [0, 0.1) is 0 Å². The van der Waals surface area contributed by atoms with Gasteiger partial charge in [0.1, 0.15) is 5.75 Å². The monoisotopic (exact) mass is 366 g/mol. The minimum atomic E-state index is 0.0169. The molecule has 0 atom stereocenters. The van der Waals surface area contributed by atoms with Gasteiger partial charge in [0.2, 0.25) is 0 Å². The molecule has 0 heterocycles. The van der Waals surface area contributed by atoms with Gasteiger partial charge in [-0.1, -0.05) is 93.6 Å². The van der Waals surface area contributed by atoms with Crippen LogP contribution in [0.5, 0.6) is 5.75 Å². The third kappa shape index (κ3) is 3.41. The molecule has 4 aromatic rings. The van der Waals surface area contributed by atoms with E-state index in [1.165, 1.54) is 33.0 Å². The first-order chi connectivity index (χ1) is 13.5. The van der Waals surface area contributed by atoms with Crippen LogP contribution in [0.1, 0.15) is 26.3 Å². The molecule has 0 aliphatic rings. The average Bonchev–Trinajstić information content (AvgIpc) is 2.72. The largest absolute Gasteiger partial charge is 0.496 e. The van der Waals surface area contributed by atoms with Crippen LogP contribution < -0.4 is 4.74 Å². The van der Waals surface area contributed by atoms with E-state index in [4.69, 9.17) is 4.74 Å². The summed E-state index contributed by atoms with van der Waals surface area (Å²) in [4.78, 5) is 0. The standard InChI is InChI=1S/C27H26O/c1-27(2,3)25-18-22(21-14-13-19-9-5-6-10-20(19)17-21)15-16-23(25)24-11-7-8-12-26(24)28-4/h5-18H,1-4H3. The summed E-state index contributed by atoms with van der Waals surface area (Å²) < 4.78 is 5.63. The van der Waals surface area contributed by atoms with Crippen molar-refractivity contribution >= 4 is 10.8 Å². The summed E-state index contributed by atoms with van der Waals surface area (Å²) >= 11 is 0. The lowest BCUT2D eigenvalue weighted by molar-refractivity contribution is 0.416. The zero-order valence-corrected chi connectivity index (χ0v) is 17.0. The predicted molar refractivity (Wildman–Crippen MR) is 120 cm³/mol. The lowest BCUT2D eigenvalue weighted by Gasteiger charge is -2.25. The quantitative estimate of drug-likeness (QED) is 0.365. The fourth-order valence-electron chi connectivity index (χ4n) is 3.82. The molecule has 0 aliphatic heterocycles. The summed E-state index contributed by atoms with van der Waals surface area (Å²) in [6.45, 7) is 6.81. The molecule has 0 N–H and O–H groups in total. The van der Waals surface area contributed by atoms with Gasteiger partial charge >= 0.3 is 0 Å². The Morgan fingerprint density at radius 3 is 2.00 bits per heavy atom. The molecule has 4 aromatic carbocycles. The summed E-state index contributed by atoms with van der Waals surface area (Å²) in [6, 6.07) is 30.3. The highest BCUT2D eigenvalue weighted by Crippen LogP contribution is 2.40. The Morgan fingerprint density at radius 1 is 0.607 bits per heavy atom. The number of fused-ring (bicyclic) bond motifs is 1. The van der Waals surface area contributed by atoms with Crippen molar-refractivity contribution in [1.29, 1.82) is 0 Å². The van der Waals surface area contributed by atoms with Crippen LogP contribution in [0.25, 0.3) is 33.0 Å². The molecule has 4 rings (SSSR count). The molecular weight excluding hydrogens is 340 g/mol. The predicted octanol–water partition coefficient (Wildman–Crippen LogP) is 7.48. The third-order valence-electron chi connectivity index (χ3n) is 5.31. The van der Waals surface area contributed by atoms with E-state index in [2.05, 4.69) is 93.6 Å². The molecule has 28 heavy (non-hydrogen) atoms. The number of para-hydroxylation sites is 1. The Morgan fingerprint density at radius 2 is 1.25 bits per heavy atom. The van der Waals surface area contributed by atoms with Gasteiger partial charge in [0.05, 0.1) is 7.11 Å². The summed E-state index contributed by atoms with van der Waals surface area (Å²) in [5.41, 5.74) is 6.20. The Hall–Kier alpha value is -3.06. The molecule has 0 saturated heterocycles. The van der Waals surface area contributed by atoms with Gasteiger partial charge in [-0.2, -0.15) is 0 Å². The van der Waals surface area contributed by atoms with E-state index in [1.54, 1.807) is 7.11 Å². The molecule has 0 bridgehead atoms. The Kier molecular flexibility index (Phi) is 4.68.